The van der Waals surface area contributed by atoms with E-state index in [-0.39, 0.29) is 5.91 Å². The molecule has 5 heteroatoms. The van der Waals surface area contributed by atoms with Crippen LogP contribution in [0, 0.1) is 6.92 Å². The maximum atomic E-state index is 11.7. The van der Waals surface area contributed by atoms with Crippen LogP contribution in [-0.2, 0) is 10.5 Å². The molecule has 2 aromatic carbocycles. The Balaban J connectivity index is 1.72. The van der Waals surface area contributed by atoms with Crippen molar-refractivity contribution in [3.63, 3.8) is 0 Å². The number of carbonyl (C=O) groups is 1. The first-order valence-corrected chi connectivity index (χ1v) is 8.79. The van der Waals surface area contributed by atoms with E-state index in [1.165, 1.54) is 11.1 Å². The van der Waals surface area contributed by atoms with Crippen LogP contribution in [0.25, 0.3) is 0 Å². The van der Waals surface area contributed by atoms with Crippen LogP contribution in [0.15, 0.2) is 58.1 Å². The molecular weight excluding hydrogens is 360 g/mol. The molecule has 2 rings (SSSR count). The average molecular weight is 377 g/mol. The first-order valence-electron chi connectivity index (χ1n) is 6.85. The van der Waals surface area contributed by atoms with Crippen LogP contribution in [-0.4, -0.2) is 17.9 Å². The lowest BCUT2D eigenvalue weighted by Crippen LogP contribution is -2.19. The summed E-state index contributed by atoms with van der Waals surface area (Å²) in [5.74, 6) is 1.13. The van der Waals surface area contributed by atoms with Crippen LogP contribution in [0.4, 0.5) is 0 Å². The van der Waals surface area contributed by atoms with Crippen LogP contribution >= 0.6 is 27.7 Å². The lowest BCUT2D eigenvalue weighted by Gasteiger charge is -2.04. The number of hydrogen-bond donors (Lipinski definition) is 1. The summed E-state index contributed by atoms with van der Waals surface area (Å²) in [6, 6.07) is 15.9. The lowest BCUT2D eigenvalue weighted by atomic mass is 10.1. The normalized spacial score (nSPS) is 10.8. The molecule has 0 heterocycles. The van der Waals surface area contributed by atoms with E-state index < -0.39 is 0 Å². The minimum absolute atomic E-state index is 0.0908. The number of rotatable bonds is 6. The SMILES string of the molecule is Cc1ccccc1CSCC(=O)NN=Cc1ccc(Br)cc1. The molecule has 0 spiro atoms. The van der Waals surface area contributed by atoms with Gasteiger partial charge in [0.1, 0.15) is 0 Å². The highest BCUT2D eigenvalue weighted by molar-refractivity contribution is 9.10. The predicted molar refractivity (Wildman–Crippen MR) is 97.2 cm³/mol. The fourth-order valence-corrected chi connectivity index (χ4v) is 2.95. The zero-order valence-electron chi connectivity index (χ0n) is 12.3. The fourth-order valence-electron chi connectivity index (χ4n) is 1.79. The molecular formula is C17H17BrN2OS. The monoisotopic (exact) mass is 376 g/mol. The highest BCUT2D eigenvalue weighted by Crippen LogP contribution is 2.15. The van der Waals surface area contributed by atoms with E-state index in [4.69, 9.17) is 0 Å². The number of thioether (sulfide) groups is 1. The first kappa shape index (κ1) is 16.8. The third kappa shape index (κ3) is 5.66. The fraction of sp³-hybridized carbons (Fsp3) is 0.176. The van der Waals surface area contributed by atoms with Crippen LogP contribution in [0.3, 0.4) is 0 Å². The van der Waals surface area contributed by atoms with Crippen LogP contribution in [0.2, 0.25) is 0 Å². The Morgan fingerprint density at radius 2 is 1.95 bits per heavy atom. The number of hydrazone groups is 1. The molecule has 0 unspecified atom stereocenters. The van der Waals surface area contributed by atoms with Gasteiger partial charge in [0.25, 0.3) is 0 Å². The number of benzene rings is 2. The van der Waals surface area contributed by atoms with Gasteiger partial charge in [0.2, 0.25) is 5.91 Å². The van der Waals surface area contributed by atoms with Crippen molar-refractivity contribution in [3.05, 3.63) is 69.7 Å². The van der Waals surface area contributed by atoms with Crippen molar-refractivity contribution >= 4 is 39.8 Å². The maximum absolute atomic E-state index is 11.7. The van der Waals surface area contributed by atoms with Crippen molar-refractivity contribution in [2.75, 3.05) is 5.75 Å². The van der Waals surface area contributed by atoms with Gasteiger partial charge in [0.05, 0.1) is 12.0 Å². The molecule has 0 saturated heterocycles. The summed E-state index contributed by atoms with van der Waals surface area (Å²) >= 11 is 4.96. The van der Waals surface area contributed by atoms with E-state index in [0.29, 0.717) is 5.75 Å². The molecule has 0 radical (unpaired) electrons. The Morgan fingerprint density at radius 3 is 2.68 bits per heavy atom. The third-order valence-electron chi connectivity index (χ3n) is 3.02. The topological polar surface area (TPSA) is 41.5 Å². The smallest absolute Gasteiger partial charge is 0.250 e. The maximum Gasteiger partial charge on any atom is 0.250 e. The number of hydrogen-bond acceptors (Lipinski definition) is 3. The van der Waals surface area contributed by atoms with Gasteiger partial charge in [-0.15, -0.1) is 11.8 Å². The molecule has 0 aromatic heterocycles. The number of aryl methyl sites for hydroxylation is 1. The molecule has 0 aliphatic carbocycles. The highest BCUT2D eigenvalue weighted by atomic mass is 79.9. The van der Waals surface area contributed by atoms with Gasteiger partial charge in [-0.2, -0.15) is 5.10 Å². The summed E-state index contributed by atoms with van der Waals surface area (Å²) in [4.78, 5) is 11.7. The molecule has 1 amide bonds. The summed E-state index contributed by atoms with van der Waals surface area (Å²) in [6.07, 6.45) is 1.64. The molecule has 0 bridgehead atoms. The van der Waals surface area contributed by atoms with Crippen LogP contribution in [0.1, 0.15) is 16.7 Å². The Bertz CT molecular complexity index is 656. The van der Waals surface area contributed by atoms with Crippen molar-refractivity contribution in [3.8, 4) is 0 Å². The van der Waals surface area contributed by atoms with Gasteiger partial charge in [-0.25, -0.2) is 5.43 Å². The van der Waals surface area contributed by atoms with E-state index in [1.54, 1.807) is 18.0 Å². The van der Waals surface area contributed by atoms with Gasteiger partial charge in [0.15, 0.2) is 0 Å². The Kier molecular flexibility index (Phi) is 6.68. The molecule has 0 fully saturated rings. The van der Waals surface area contributed by atoms with Crippen molar-refractivity contribution in [1.82, 2.24) is 5.43 Å². The van der Waals surface area contributed by atoms with Gasteiger partial charge in [0, 0.05) is 10.2 Å². The zero-order valence-corrected chi connectivity index (χ0v) is 14.7. The van der Waals surface area contributed by atoms with E-state index in [1.807, 2.05) is 36.4 Å². The number of carbonyl (C=O) groups excluding carboxylic acids is 1. The van der Waals surface area contributed by atoms with E-state index >= 15 is 0 Å². The van der Waals surface area contributed by atoms with Gasteiger partial charge in [-0.05, 0) is 35.7 Å². The molecule has 0 aliphatic rings. The lowest BCUT2D eigenvalue weighted by molar-refractivity contribution is -0.118. The number of nitrogens with one attached hydrogen (secondary N) is 1. The third-order valence-corrected chi connectivity index (χ3v) is 4.53. The molecule has 22 heavy (non-hydrogen) atoms. The van der Waals surface area contributed by atoms with Gasteiger partial charge in [-0.3, -0.25) is 4.79 Å². The van der Waals surface area contributed by atoms with Gasteiger partial charge in [-0.1, -0.05) is 52.3 Å². The van der Waals surface area contributed by atoms with Crippen LogP contribution < -0.4 is 5.43 Å². The van der Waals surface area contributed by atoms with Crippen LogP contribution in [0.5, 0.6) is 0 Å². The summed E-state index contributed by atoms with van der Waals surface area (Å²) in [7, 11) is 0. The van der Waals surface area contributed by atoms with Crippen molar-refractivity contribution < 1.29 is 4.79 Å². The molecule has 114 valence electrons. The average Bonchev–Trinajstić information content (AvgIpc) is 2.51. The minimum atomic E-state index is -0.0908. The van der Waals surface area contributed by atoms with E-state index in [0.717, 1.165) is 15.8 Å². The van der Waals surface area contributed by atoms with Gasteiger partial charge < -0.3 is 0 Å². The second kappa shape index (κ2) is 8.76. The Morgan fingerprint density at radius 1 is 1.23 bits per heavy atom. The van der Waals surface area contributed by atoms with Crippen molar-refractivity contribution in [2.24, 2.45) is 5.10 Å². The zero-order chi connectivity index (χ0) is 15.8. The van der Waals surface area contributed by atoms with E-state index in [9.17, 15) is 4.79 Å². The standard InChI is InChI=1S/C17H17BrN2OS/c1-13-4-2-3-5-15(13)11-22-12-17(21)20-19-10-14-6-8-16(18)9-7-14/h2-10H,11-12H2,1H3,(H,20,21). The molecule has 0 saturated carbocycles. The minimum Gasteiger partial charge on any atom is -0.272 e. The summed E-state index contributed by atoms with van der Waals surface area (Å²) in [5.41, 5.74) is 6.00. The summed E-state index contributed by atoms with van der Waals surface area (Å²) < 4.78 is 1.02. The molecule has 1 N–H and O–H groups in total. The molecule has 3 nitrogen and oxygen atoms in total. The largest absolute Gasteiger partial charge is 0.272 e. The first-order chi connectivity index (χ1) is 10.6. The number of amides is 1. The van der Waals surface area contributed by atoms with Crippen molar-refractivity contribution in [1.29, 1.82) is 0 Å². The van der Waals surface area contributed by atoms with Crippen molar-refractivity contribution in [2.45, 2.75) is 12.7 Å². The molecule has 0 aliphatic heterocycles. The number of halogens is 1. The Hall–Kier alpha value is -1.59. The summed E-state index contributed by atoms with van der Waals surface area (Å²) in [5, 5.41) is 3.96. The second-order valence-corrected chi connectivity index (χ2v) is 6.67. The highest BCUT2D eigenvalue weighted by Gasteiger charge is 2.02. The summed E-state index contributed by atoms with van der Waals surface area (Å²) in [6.45, 7) is 2.08. The Labute approximate surface area is 143 Å². The quantitative estimate of drug-likeness (QED) is 0.607. The van der Waals surface area contributed by atoms with E-state index in [2.05, 4.69) is 45.5 Å². The second-order valence-electron chi connectivity index (χ2n) is 4.76. The number of nitrogens with zero attached hydrogens (tertiary/aromatic N) is 1. The molecule has 0 atom stereocenters. The predicted octanol–water partition coefficient (Wildman–Crippen LogP) is 4.14. The van der Waals surface area contributed by atoms with Gasteiger partial charge >= 0.3 is 0 Å². The molecule has 2 aromatic rings.